The van der Waals surface area contributed by atoms with E-state index in [9.17, 15) is 4.79 Å². The van der Waals surface area contributed by atoms with Crippen LogP contribution in [0.15, 0.2) is 18.2 Å². The summed E-state index contributed by atoms with van der Waals surface area (Å²) in [6.07, 6.45) is 0.194. The second-order valence-electron chi connectivity index (χ2n) is 3.11. The van der Waals surface area contributed by atoms with Gasteiger partial charge in [0.1, 0.15) is 11.8 Å². The molecule has 1 aromatic rings. The molecule has 0 bridgehead atoms. The summed E-state index contributed by atoms with van der Waals surface area (Å²) in [5, 5.41) is 9.21. The Bertz CT molecular complexity index is 368. The number of hydrogen-bond donors (Lipinski definition) is 2. The Labute approximate surface area is 92.6 Å². The van der Waals surface area contributed by atoms with Gasteiger partial charge in [0.25, 0.3) is 0 Å². The van der Waals surface area contributed by atoms with E-state index in [0.717, 1.165) is 0 Å². The summed E-state index contributed by atoms with van der Waals surface area (Å²) in [5.74, 6) is -0.451. The lowest BCUT2D eigenvalue weighted by Gasteiger charge is -2.11. The van der Waals surface area contributed by atoms with E-state index in [1.165, 1.54) is 7.11 Å². The van der Waals surface area contributed by atoms with Crippen LogP contribution in [0.25, 0.3) is 0 Å². The number of benzene rings is 1. The third kappa shape index (κ3) is 3.11. The van der Waals surface area contributed by atoms with Crippen LogP contribution in [0.5, 0.6) is 5.75 Å². The van der Waals surface area contributed by atoms with Crippen molar-refractivity contribution in [3.05, 3.63) is 28.8 Å². The Morgan fingerprint density at radius 2 is 2.33 bits per heavy atom. The molecule has 1 rings (SSSR count). The SMILES string of the molecule is COc1ccc(Cl)cc1C[C@@H](N)C(=O)O. The normalized spacial score (nSPS) is 12.2. The highest BCUT2D eigenvalue weighted by molar-refractivity contribution is 6.30. The molecule has 4 nitrogen and oxygen atoms in total. The molecule has 0 saturated carbocycles. The molecule has 0 aliphatic heterocycles. The Balaban J connectivity index is 2.91. The van der Waals surface area contributed by atoms with Gasteiger partial charge in [0.15, 0.2) is 0 Å². The van der Waals surface area contributed by atoms with Gasteiger partial charge < -0.3 is 15.6 Å². The van der Waals surface area contributed by atoms with Crippen molar-refractivity contribution in [1.82, 2.24) is 0 Å². The molecule has 82 valence electrons. The van der Waals surface area contributed by atoms with E-state index in [1.807, 2.05) is 0 Å². The van der Waals surface area contributed by atoms with Crippen LogP contribution in [0.3, 0.4) is 0 Å². The molecule has 0 fully saturated rings. The first-order chi connectivity index (χ1) is 7.04. The number of rotatable bonds is 4. The van der Waals surface area contributed by atoms with Crippen LogP contribution in [0, 0.1) is 0 Å². The number of aliphatic carboxylic acids is 1. The summed E-state index contributed by atoms with van der Waals surface area (Å²) in [6.45, 7) is 0. The Morgan fingerprint density at radius 3 is 2.87 bits per heavy atom. The minimum atomic E-state index is -1.04. The molecule has 0 aromatic heterocycles. The quantitative estimate of drug-likeness (QED) is 0.817. The van der Waals surface area contributed by atoms with Gasteiger partial charge in [0, 0.05) is 11.4 Å². The smallest absolute Gasteiger partial charge is 0.320 e. The molecule has 0 amide bonds. The zero-order valence-corrected chi connectivity index (χ0v) is 8.99. The molecule has 3 N–H and O–H groups in total. The fourth-order valence-electron chi connectivity index (χ4n) is 1.23. The first-order valence-corrected chi connectivity index (χ1v) is 4.73. The largest absolute Gasteiger partial charge is 0.496 e. The van der Waals surface area contributed by atoms with Crippen molar-refractivity contribution in [2.75, 3.05) is 7.11 Å². The molecule has 15 heavy (non-hydrogen) atoms. The van der Waals surface area contributed by atoms with Crippen LogP contribution < -0.4 is 10.5 Å². The molecular formula is C10H12ClNO3. The maximum absolute atomic E-state index is 10.6. The van der Waals surface area contributed by atoms with E-state index >= 15 is 0 Å². The monoisotopic (exact) mass is 229 g/mol. The average Bonchev–Trinajstić information content (AvgIpc) is 2.18. The fourth-order valence-corrected chi connectivity index (χ4v) is 1.43. The van der Waals surface area contributed by atoms with Crippen molar-refractivity contribution in [2.24, 2.45) is 5.73 Å². The van der Waals surface area contributed by atoms with Gasteiger partial charge in [-0.1, -0.05) is 11.6 Å². The Kier molecular flexibility index (Phi) is 3.94. The predicted octanol–water partition coefficient (Wildman–Crippen LogP) is 1.30. The van der Waals surface area contributed by atoms with E-state index < -0.39 is 12.0 Å². The highest BCUT2D eigenvalue weighted by Crippen LogP contribution is 2.23. The minimum Gasteiger partial charge on any atom is -0.496 e. The number of carboxylic acid groups (broad SMARTS) is 1. The molecular weight excluding hydrogens is 218 g/mol. The molecule has 0 saturated heterocycles. The Morgan fingerprint density at radius 1 is 1.67 bits per heavy atom. The molecule has 0 aliphatic carbocycles. The molecule has 0 unspecified atom stereocenters. The second kappa shape index (κ2) is 5.00. The van der Waals surface area contributed by atoms with E-state index in [-0.39, 0.29) is 6.42 Å². The van der Waals surface area contributed by atoms with Gasteiger partial charge in [-0.2, -0.15) is 0 Å². The lowest BCUT2D eigenvalue weighted by molar-refractivity contribution is -0.138. The van der Waals surface area contributed by atoms with Gasteiger partial charge >= 0.3 is 5.97 Å². The van der Waals surface area contributed by atoms with E-state index in [2.05, 4.69) is 0 Å². The van der Waals surface area contributed by atoms with Gasteiger partial charge in [-0.3, -0.25) is 4.79 Å². The summed E-state index contributed by atoms with van der Waals surface area (Å²) < 4.78 is 5.07. The number of hydrogen-bond acceptors (Lipinski definition) is 3. The van der Waals surface area contributed by atoms with Gasteiger partial charge in [-0.15, -0.1) is 0 Å². The van der Waals surface area contributed by atoms with Crippen molar-refractivity contribution in [3.63, 3.8) is 0 Å². The molecule has 0 aliphatic rings. The number of carboxylic acids is 1. The topological polar surface area (TPSA) is 72.5 Å². The van der Waals surface area contributed by atoms with Crippen molar-refractivity contribution < 1.29 is 14.6 Å². The van der Waals surface area contributed by atoms with Crippen molar-refractivity contribution >= 4 is 17.6 Å². The van der Waals surface area contributed by atoms with Crippen LogP contribution in [0.2, 0.25) is 5.02 Å². The first-order valence-electron chi connectivity index (χ1n) is 4.35. The molecule has 0 radical (unpaired) electrons. The van der Waals surface area contributed by atoms with Gasteiger partial charge in [0.05, 0.1) is 7.11 Å². The number of methoxy groups -OCH3 is 1. The van der Waals surface area contributed by atoms with Crippen LogP contribution in [-0.2, 0) is 11.2 Å². The lowest BCUT2D eigenvalue weighted by Crippen LogP contribution is -2.32. The number of halogens is 1. The van der Waals surface area contributed by atoms with Gasteiger partial charge in [-0.05, 0) is 23.8 Å². The van der Waals surface area contributed by atoms with Crippen LogP contribution >= 0.6 is 11.6 Å². The highest BCUT2D eigenvalue weighted by Gasteiger charge is 2.15. The second-order valence-corrected chi connectivity index (χ2v) is 3.54. The summed E-state index contributed by atoms with van der Waals surface area (Å²) >= 11 is 5.79. The molecule has 5 heteroatoms. The van der Waals surface area contributed by atoms with Crippen LogP contribution in [-0.4, -0.2) is 24.2 Å². The van der Waals surface area contributed by atoms with Crippen LogP contribution in [0.1, 0.15) is 5.56 Å². The Hall–Kier alpha value is -1.26. The molecule has 0 heterocycles. The van der Waals surface area contributed by atoms with E-state index in [0.29, 0.717) is 16.3 Å². The third-order valence-electron chi connectivity index (χ3n) is 2.00. The zero-order valence-electron chi connectivity index (χ0n) is 8.24. The van der Waals surface area contributed by atoms with Crippen molar-refractivity contribution in [1.29, 1.82) is 0 Å². The number of carbonyl (C=O) groups is 1. The fraction of sp³-hybridized carbons (Fsp3) is 0.300. The first kappa shape index (κ1) is 11.8. The van der Waals surface area contributed by atoms with E-state index in [1.54, 1.807) is 18.2 Å². The average molecular weight is 230 g/mol. The number of ether oxygens (including phenoxy) is 1. The summed E-state index contributed by atoms with van der Waals surface area (Å²) in [4.78, 5) is 10.6. The zero-order chi connectivity index (χ0) is 11.4. The lowest BCUT2D eigenvalue weighted by atomic mass is 10.1. The molecule has 0 spiro atoms. The number of nitrogens with two attached hydrogens (primary N) is 1. The van der Waals surface area contributed by atoms with Gasteiger partial charge in [0.2, 0.25) is 0 Å². The standard InChI is InChI=1S/C10H12ClNO3/c1-15-9-3-2-7(11)4-6(9)5-8(12)10(13)14/h2-4,8H,5,12H2,1H3,(H,13,14)/t8-/m1/s1. The third-order valence-corrected chi connectivity index (χ3v) is 2.23. The summed E-state index contributed by atoms with van der Waals surface area (Å²) in [7, 11) is 1.51. The van der Waals surface area contributed by atoms with Gasteiger partial charge in [-0.25, -0.2) is 0 Å². The maximum atomic E-state index is 10.6. The maximum Gasteiger partial charge on any atom is 0.320 e. The summed E-state index contributed by atoms with van der Waals surface area (Å²) in [6, 6.07) is 4.07. The molecule has 1 atom stereocenters. The van der Waals surface area contributed by atoms with E-state index in [4.69, 9.17) is 27.2 Å². The minimum absolute atomic E-state index is 0.194. The predicted molar refractivity (Wildman–Crippen MR) is 57.3 cm³/mol. The van der Waals surface area contributed by atoms with Crippen LogP contribution in [0.4, 0.5) is 0 Å². The van der Waals surface area contributed by atoms with Crippen molar-refractivity contribution in [3.8, 4) is 5.75 Å². The molecule has 1 aromatic carbocycles. The van der Waals surface area contributed by atoms with Crippen molar-refractivity contribution in [2.45, 2.75) is 12.5 Å². The highest BCUT2D eigenvalue weighted by atomic mass is 35.5. The summed E-state index contributed by atoms with van der Waals surface area (Å²) in [5.41, 5.74) is 6.12.